The molecular formula is C43H55N5O6. The van der Waals surface area contributed by atoms with E-state index in [4.69, 9.17) is 5.73 Å². The molecule has 2 aromatic carbocycles. The summed E-state index contributed by atoms with van der Waals surface area (Å²) >= 11 is 0. The Balaban J connectivity index is 1.35. The van der Waals surface area contributed by atoms with Gasteiger partial charge in [0.15, 0.2) is 5.96 Å². The van der Waals surface area contributed by atoms with E-state index in [0.29, 0.717) is 31.3 Å². The van der Waals surface area contributed by atoms with Crippen LogP contribution in [0.25, 0.3) is 10.8 Å². The number of aliphatic imine (C=N–C) groups is 1. The van der Waals surface area contributed by atoms with Gasteiger partial charge in [-0.25, -0.2) is 9.79 Å². The molecule has 0 spiro atoms. The van der Waals surface area contributed by atoms with Crippen LogP contribution in [0.15, 0.2) is 77.5 Å². The molecule has 1 aliphatic heterocycles. The van der Waals surface area contributed by atoms with E-state index in [1.165, 1.54) is 17.2 Å². The van der Waals surface area contributed by atoms with Crippen LogP contribution in [-0.4, -0.2) is 76.1 Å². The number of carboxylic acids is 1. The number of aliphatic hydroxyl groups is 2. The molecule has 0 saturated carbocycles. The third kappa shape index (κ3) is 9.49. The summed E-state index contributed by atoms with van der Waals surface area (Å²) in [5, 5.41) is 38.4. The minimum atomic E-state index is -1.06. The molecule has 8 N–H and O–H groups in total. The summed E-state index contributed by atoms with van der Waals surface area (Å²) in [5.74, 6) is 0.704. The van der Waals surface area contributed by atoms with Gasteiger partial charge in [0.1, 0.15) is 18.4 Å². The number of anilines is 1. The molecular weight excluding hydrogens is 683 g/mol. The van der Waals surface area contributed by atoms with Crippen LogP contribution < -0.4 is 16.4 Å². The number of nitrogens with one attached hydrogen (secondary N) is 3. The molecule has 2 bridgehead atoms. The van der Waals surface area contributed by atoms with Crippen LogP contribution in [-0.2, 0) is 27.2 Å². The van der Waals surface area contributed by atoms with Crippen LogP contribution >= 0.6 is 0 Å². The quantitative estimate of drug-likeness (QED) is 0.0343. The number of carboxylic acid groups (broad SMARTS) is 1. The van der Waals surface area contributed by atoms with Gasteiger partial charge < -0.3 is 46.3 Å². The molecule has 0 saturated heterocycles. The van der Waals surface area contributed by atoms with Crippen molar-refractivity contribution in [3.05, 3.63) is 89.2 Å². The molecule has 2 aliphatic carbocycles. The van der Waals surface area contributed by atoms with Gasteiger partial charge in [0, 0.05) is 31.2 Å². The maximum Gasteiger partial charge on any atom is 0.328 e. The molecule has 0 radical (unpaired) electrons. The highest BCUT2D eigenvalue weighted by Crippen LogP contribution is 2.52. The van der Waals surface area contributed by atoms with Crippen LogP contribution in [0.2, 0.25) is 0 Å². The first kappa shape index (κ1) is 39.0. The summed E-state index contributed by atoms with van der Waals surface area (Å²) in [6.07, 6.45) is 18.3. The van der Waals surface area contributed by atoms with Crippen LogP contribution in [0.3, 0.4) is 0 Å². The summed E-state index contributed by atoms with van der Waals surface area (Å²) in [4.78, 5) is 43.4. The Bertz CT molecular complexity index is 1840. The minimum Gasteiger partial charge on any atom is -0.478 e. The first-order chi connectivity index (χ1) is 26.3. The number of aromatic nitrogens is 1. The second kappa shape index (κ2) is 18.5. The van der Waals surface area contributed by atoms with E-state index in [1.54, 1.807) is 0 Å². The van der Waals surface area contributed by atoms with Gasteiger partial charge >= 0.3 is 5.97 Å². The number of nitrogens with zero attached hydrogens (tertiary/aromatic N) is 1. The van der Waals surface area contributed by atoms with E-state index in [0.717, 1.165) is 79.7 Å². The zero-order valence-corrected chi connectivity index (χ0v) is 30.9. The number of nitrogens with two attached hydrogens (primary N) is 1. The van der Waals surface area contributed by atoms with Gasteiger partial charge in [0.2, 0.25) is 0 Å². The lowest BCUT2D eigenvalue weighted by Gasteiger charge is -2.47. The average Bonchev–Trinajstić information content (AvgIpc) is 3.68. The van der Waals surface area contributed by atoms with Crippen molar-refractivity contribution in [3.8, 4) is 0 Å². The first-order valence-corrected chi connectivity index (χ1v) is 19.6. The lowest BCUT2D eigenvalue weighted by atomic mass is 9.58. The molecule has 2 heterocycles. The standard InChI is InChI=1S/C43H55N5O6/c44-43-46-34(26-52)22-38(48-43)37(24-41(53)54)39(47-40-9-4-15-45-40)23-36-31-13-12-29(8-3-1-2-6-28(25-51)7-5-16-49)42(36)35-21-32-18-27(14-17-50)10-11-30(32)19-33(35)20-31/h4,9-13,15,17-19,21,24-25,28-29,31,34,36,38-39,42,45,47,49,52H,1-3,5-8,14,16,20,22-23,26H2,(H,53,54)(H3,44,46,48)/b37-24+/t28-,29-,31+,34+,36-,38-,39-,42-/m0/s1. The molecule has 288 valence electrons. The van der Waals surface area contributed by atoms with Crippen molar-refractivity contribution < 1.29 is 29.7 Å². The van der Waals surface area contributed by atoms with Crippen LogP contribution in [0.5, 0.6) is 0 Å². The predicted octanol–water partition coefficient (Wildman–Crippen LogP) is 5.42. The van der Waals surface area contributed by atoms with Gasteiger partial charge in [0.25, 0.3) is 0 Å². The number of H-pyrrole nitrogens is 1. The molecule has 8 atom stereocenters. The van der Waals surface area contributed by atoms with Crippen molar-refractivity contribution >= 4 is 41.1 Å². The number of fused-ring (bicyclic) bond motifs is 5. The number of allylic oxidation sites excluding steroid dienone is 2. The number of carbonyl (C=O) groups excluding carboxylic acids is 2. The Morgan fingerprint density at radius 1 is 1.04 bits per heavy atom. The van der Waals surface area contributed by atoms with E-state index in [9.17, 15) is 29.7 Å². The molecule has 3 aliphatic rings. The number of hydrogen-bond acceptors (Lipinski definition) is 9. The molecule has 11 nitrogen and oxygen atoms in total. The molecule has 1 aromatic heterocycles. The summed E-state index contributed by atoms with van der Waals surface area (Å²) in [6, 6.07) is 13.5. The summed E-state index contributed by atoms with van der Waals surface area (Å²) in [5.41, 5.74) is 10.4. The van der Waals surface area contributed by atoms with Crippen molar-refractivity contribution in [2.24, 2.45) is 34.4 Å². The predicted molar refractivity (Wildman–Crippen MR) is 211 cm³/mol. The Hall–Kier alpha value is -4.74. The zero-order valence-electron chi connectivity index (χ0n) is 30.9. The van der Waals surface area contributed by atoms with E-state index < -0.39 is 18.1 Å². The third-order valence-corrected chi connectivity index (χ3v) is 11.8. The first-order valence-electron chi connectivity index (χ1n) is 19.6. The van der Waals surface area contributed by atoms with Crippen LogP contribution in [0.1, 0.15) is 80.4 Å². The summed E-state index contributed by atoms with van der Waals surface area (Å²) < 4.78 is 0. The smallest absolute Gasteiger partial charge is 0.328 e. The number of aromatic amines is 1. The lowest BCUT2D eigenvalue weighted by molar-refractivity contribution is -0.131. The number of benzene rings is 2. The number of unbranched alkanes of at least 4 members (excludes halogenated alkanes) is 2. The monoisotopic (exact) mass is 737 g/mol. The fourth-order valence-electron chi connectivity index (χ4n) is 9.24. The SMILES string of the molecule is NC1=N[C@H](/C(=C\C(=O)O)[C@H](C[C@@H]2[C@@H]3c4cc5cc(CC=O)ccc5cc4C[C@H]2C=C[C@@H]3CCCCC[C@H](C=O)CCCO)Nc2ccc[nH]2)C[C@H](CO)N1. The van der Waals surface area contributed by atoms with Crippen molar-refractivity contribution in [2.75, 3.05) is 18.5 Å². The molecule has 54 heavy (non-hydrogen) atoms. The molecule has 0 fully saturated rings. The van der Waals surface area contributed by atoms with Gasteiger partial charge in [-0.05, 0) is 114 Å². The highest BCUT2D eigenvalue weighted by atomic mass is 16.4. The normalized spacial score (nSPS) is 24.6. The number of aliphatic hydroxyl groups excluding tert-OH is 2. The second-order valence-electron chi connectivity index (χ2n) is 15.4. The van der Waals surface area contributed by atoms with Crippen molar-refractivity contribution in [2.45, 2.75) is 94.7 Å². The van der Waals surface area contributed by atoms with E-state index in [-0.39, 0.29) is 54.8 Å². The Kier molecular flexibility index (Phi) is 13.4. The largest absolute Gasteiger partial charge is 0.478 e. The minimum absolute atomic E-state index is 0.0103. The highest BCUT2D eigenvalue weighted by Gasteiger charge is 2.44. The van der Waals surface area contributed by atoms with E-state index in [1.807, 2.05) is 24.4 Å². The maximum absolute atomic E-state index is 12.5. The van der Waals surface area contributed by atoms with Gasteiger partial charge in [0.05, 0.1) is 24.7 Å². The van der Waals surface area contributed by atoms with Crippen LogP contribution in [0, 0.1) is 23.7 Å². The fourth-order valence-corrected chi connectivity index (χ4v) is 9.24. The van der Waals surface area contributed by atoms with Crippen molar-refractivity contribution in [1.82, 2.24) is 10.3 Å². The van der Waals surface area contributed by atoms with Crippen molar-refractivity contribution in [3.63, 3.8) is 0 Å². The Labute approximate surface area is 317 Å². The fraction of sp³-hybridized carbons (Fsp3) is 0.488. The molecule has 3 aromatic rings. The topological polar surface area (TPSA) is 190 Å². The van der Waals surface area contributed by atoms with E-state index in [2.05, 4.69) is 57.0 Å². The number of aliphatic carboxylic acids is 1. The number of rotatable bonds is 20. The number of carbonyl (C=O) groups is 3. The van der Waals surface area contributed by atoms with Gasteiger partial charge in [-0.15, -0.1) is 0 Å². The van der Waals surface area contributed by atoms with Gasteiger partial charge in [-0.1, -0.05) is 61.7 Å². The Morgan fingerprint density at radius 3 is 2.63 bits per heavy atom. The third-order valence-electron chi connectivity index (χ3n) is 11.8. The average molecular weight is 738 g/mol. The Morgan fingerprint density at radius 2 is 1.89 bits per heavy atom. The second-order valence-corrected chi connectivity index (χ2v) is 15.4. The summed E-state index contributed by atoms with van der Waals surface area (Å²) in [6.45, 7) is -0.0485. The highest BCUT2D eigenvalue weighted by molar-refractivity contribution is 5.86. The van der Waals surface area contributed by atoms with Crippen molar-refractivity contribution in [1.29, 1.82) is 0 Å². The van der Waals surface area contributed by atoms with Gasteiger partial charge in [-0.2, -0.15) is 0 Å². The number of aldehydes is 2. The number of guanidine groups is 1. The lowest BCUT2D eigenvalue weighted by Crippen LogP contribution is -2.50. The van der Waals surface area contributed by atoms with Gasteiger partial charge in [-0.3, -0.25) is 0 Å². The number of hydrogen-bond donors (Lipinski definition) is 7. The summed E-state index contributed by atoms with van der Waals surface area (Å²) in [7, 11) is 0. The molecule has 0 unspecified atom stereocenters. The maximum atomic E-state index is 12.5. The van der Waals surface area contributed by atoms with Crippen LogP contribution in [0.4, 0.5) is 5.82 Å². The van der Waals surface area contributed by atoms with E-state index >= 15 is 0 Å². The molecule has 0 amide bonds. The molecule has 6 rings (SSSR count). The zero-order chi connectivity index (χ0) is 38.0. The molecule has 11 heteroatoms.